The normalized spacial score (nSPS) is 14.7. The second-order valence-electron chi connectivity index (χ2n) is 6.77. The van der Waals surface area contributed by atoms with E-state index in [0.29, 0.717) is 17.7 Å². The second-order valence-corrected chi connectivity index (χ2v) is 7.83. The molecule has 0 radical (unpaired) electrons. The number of hydrogen-bond acceptors (Lipinski definition) is 6. The van der Waals surface area contributed by atoms with Crippen LogP contribution in [0.25, 0.3) is 11.5 Å². The fourth-order valence-electron chi connectivity index (χ4n) is 3.33. The Hall–Kier alpha value is -2.80. The highest BCUT2D eigenvalue weighted by Crippen LogP contribution is 2.37. The molecular formula is C22H23N3O3S. The molecule has 1 saturated heterocycles. The first-order valence-electron chi connectivity index (χ1n) is 9.81. The molecule has 1 aliphatic heterocycles. The SMILES string of the molecule is CCOc1ccc(-c2nnc(S[C@H](C(=O)N3CCCC3)c3ccccc3)o2)cc1. The lowest BCUT2D eigenvalue weighted by atomic mass is 10.1. The van der Waals surface area contributed by atoms with Crippen LogP contribution in [0.15, 0.2) is 64.2 Å². The zero-order chi connectivity index (χ0) is 20.1. The molecule has 6 nitrogen and oxygen atoms in total. The minimum Gasteiger partial charge on any atom is -0.494 e. The summed E-state index contributed by atoms with van der Waals surface area (Å²) < 4.78 is 11.3. The van der Waals surface area contributed by atoms with Crippen molar-refractivity contribution >= 4 is 17.7 Å². The third-order valence-electron chi connectivity index (χ3n) is 4.78. The van der Waals surface area contributed by atoms with E-state index in [1.165, 1.54) is 11.8 Å². The molecule has 1 aliphatic rings. The van der Waals surface area contributed by atoms with Gasteiger partial charge in [-0.2, -0.15) is 0 Å². The number of amides is 1. The van der Waals surface area contributed by atoms with Gasteiger partial charge in [0.1, 0.15) is 11.0 Å². The third-order valence-corrected chi connectivity index (χ3v) is 5.86. The van der Waals surface area contributed by atoms with Crippen molar-refractivity contribution in [3.8, 4) is 17.2 Å². The highest BCUT2D eigenvalue weighted by molar-refractivity contribution is 8.00. The van der Waals surface area contributed by atoms with Gasteiger partial charge in [0, 0.05) is 18.7 Å². The van der Waals surface area contributed by atoms with Crippen LogP contribution in [0.4, 0.5) is 0 Å². The van der Waals surface area contributed by atoms with Crippen LogP contribution in [0.1, 0.15) is 30.6 Å². The van der Waals surface area contributed by atoms with Crippen LogP contribution in [0.2, 0.25) is 0 Å². The van der Waals surface area contributed by atoms with E-state index in [4.69, 9.17) is 9.15 Å². The van der Waals surface area contributed by atoms with Gasteiger partial charge in [-0.3, -0.25) is 4.79 Å². The number of carbonyl (C=O) groups excluding carboxylic acids is 1. The molecular weight excluding hydrogens is 386 g/mol. The summed E-state index contributed by atoms with van der Waals surface area (Å²) in [4.78, 5) is 15.1. The maximum atomic E-state index is 13.1. The van der Waals surface area contributed by atoms with Gasteiger partial charge >= 0.3 is 0 Å². The molecule has 150 valence electrons. The van der Waals surface area contributed by atoms with Crippen molar-refractivity contribution in [1.82, 2.24) is 15.1 Å². The summed E-state index contributed by atoms with van der Waals surface area (Å²) in [6.07, 6.45) is 2.11. The monoisotopic (exact) mass is 409 g/mol. The van der Waals surface area contributed by atoms with Crippen molar-refractivity contribution in [2.45, 2.75) is 30.2 Å². The van der Waals surface area contributed by atoms with Crippen molar-refractivity contribution in [3.63, 3.8) is 0 Å². The summed E-state index contributed by atoms with van der Waals surface area (Å²) in [5.41, 5.74) is 1.75. The Balaban J connectivity index is 1.54. The third kappa shape index (κ3) is 4.62. The van der Waals surface area contributed by atoms with Crippen molar-refractivity contribution in [2.75, 3.05) is 19.7 Å². The quantitative estimate of drug-likeness (QED) is 0.532. The van der Waals surface area contributed by atoms with Gasteiger partial charge in [-0.1, -0.05) is 30.3 Å². The molecule has 1 atom stereocenters. The first kappa shape index (κ1) is 19.5. The Labute approximate surface area is 174 Å². The van der Waals surface area contributed by atoms with Crippen LogP contribution in [-0.2, 0) is 4.79 Å². The van der Waals surface area contributed by atoms with E-state index in [1.54, 1.807) is 0 Å². The van der Waals surface area contributed by atoms with Crippen LogP contribution < -0.4 is 4.74 Å². The molecule has 0 spiro atoms. The summed E-state index contributed by atoms with van der Waals surface area (Å²) in [7, 11) is 0. The number of likely N-dealkylation sites (tertiary alicyclic amines) is 1. The van der Waals surface area contributed by atoms with Crippen molar-refractivity contribution in [3.05, 3.63) is 60.2 Å². The van der Waals surface area contributed by atoms with Crippen LogP contribution >= 0.6 is 11.8 Å². The number of thioether (sulfide) groups is 1. The molecule has 0 saturated carbocycles. The maximum absolute atomic E-state index is 13.1. The Kier molecular flexibility index (Phi) is 6.14. The summed E-state index contributed by atoms with van der Waals surface area (Å²) in [6, 6.07) is 17.3. The molecule has 7 heteroatoms. The lowest BCUT2D eigenvalue weighted by molar-refractivity contribution is -0.129. The second kappa shape index (κ2) is 9.13. The van der Waals surface area contributed by atoms with E-state index in [9.17, 15) is 4.79 Å². The van der Waals surface area contributed by atoms with Crippen molar-refractivity contribution < 1.29 is 13.9 Å². The van der Waals surface area contributed by atoms with Crippen LogP contribution in [-0.4, -0.2) is 40.7 Å². The van der Waals surface area contributed by atoms with Crippen LogP contribution in [0.5, 0.6) is 5.75 Å². The number of carbonyl (C=O) groups is 1. The highest BCUT2D eigenvalue weighted by Gasteiger charge is 2.30. The van der Waals surface area contributed by atoms with E-state index in [1.807, 2.05) is 66.4 Å². The Morgan fingerprint density at radius 2 is 1.83 bits per heavy atom. The molecule has 2 aromatic carbocycles. The lowest BCUT2D eigenvalue weighted by Crippen LogP contribution is -2.31. The van der Waals surface area contributed by atoms with Gasteiger partial charge in [-0.05, 0) is 61.4 Å². The zero-order valence-corrected chi connectivity index (χ0v) is 17.1. The molecule has 2 heterocycles. The van der Waals surface area contributed by atoms with Gasteiger partial charge in [-0.25, -0.2) is 0 Å². The predicted octanol–water partition coefficient (Wildman–Crippen LogP) is 4.59. The van der Waals surface area contributed by atoms with E-state index >= 15 is 0 Å². The van der Waals surface area contributed by atoms with E-state index in [-0.39, 0.29) is 5.91 Å². The average Bonchev–Trinajstić information content (AvgIpc) is 3.45. The van der Waals surface area contributed by atoms with Gasteiger partial charge in [0.15, 0.2) is 0 Å². The van der Waals surface area contributed by atoms with Gasteiger partial charge in [0.05, 0.1) is 6.61 Å². The highest BCUT2D eigenvalue weighted by atomic mass is 32.2. The smallest absolute Gasteiger partial charge is 0.277 e. The number of hydrogen-bond donors (Lipinski definition) is 0. The summed E-state index contributed by atoms with van der Waals surface area (Å²) in [6.45, 7) is 4.18. The lowest BCUT2D eigenvalue weighted by Gasteiger charge is -2.22. The molecule has 0 N–H and O–H groups in total. The predicted molar refractivity (Wildman–Crippen MR) is 112 cm³/mol. The van der Waals surface area contributed by atoms with Crippen molar-refractivity contribution in [2.24, 2.45) is 0 Å². The standard InChI is InChI=1S/C22H23N3O3S/c1-2-27-18-12-10-17(11-13-18)20-23-24-22(28-20)29-19(16-8-4-3-5-9-16)21(26)25-14-6-7-15-25/h3-5,8-13,19H,2,6-7,14-15H2,1H3/t19-/m0/s1. The first-order chi connectivity index (χ1) is 14.2. The Bertz CT molecular complexity index is 937. The molecule has 0 bridgehead atoms. The van der Waals surface area contributed by atoms with Crippen molar-refractivity contribution in [1.29, 1.82) is 0 Å². The van der Waals surface area contributed by atoms with Gasteiger partial charge in [-0.15, -0.1) is 10.2 Å². The minimum absolute atomic E-state index is 0.0968. The molecule has 29 heavy (non-hydrogen) atoms. The molecule has 1 amide bonds. The molecule has 1 fully saturated rings. The van der Waals surface area contributed by atoms with Gasteiger partial charge in [0.2, 0.25) is 11.8 Å². The number of ether oxygens (including phenoxy) is 1. The Morgan fingerprint density at radius 1 is 1.10 bits per heavy atom. The zero-order valence-electron chi connectivity index (χ0n) is 16.3. The molecule has 0 aliphatic carbocycles. The van der Waals surface area contributed by atoms with Gasteiger partial charge in [0.25, 0.3) is 5.22 Å². The number of nitrogens with zero attached hydrogens (tertiary/aromatic N) is 3. The minimum atomic E-state index is -0.400. The summed E-state index contributed by atoms with van der Waals surface area (Å²) in [5, 5.41) is 8.32. The largest absolute Gasteiger partial charge is 0.494 e. The topological polar surface area (TPSA) is 68.5 Å². The van der Waals surface area contributed by atoms with Crippen LogP contribution in [0.3, 0.4) is 0 Å². The summed E-state index contributed by atoms with van der Waals surface area (Å²) >= 11 is 1.31. The van der Waals surface area contributed by atoms with E-state index in [0.717, 1.165) is 42.8 Å². The van der Waals surface area contributed by atoms with Gasteiger partial charge < -0.3 is 14.1 Å². The fourth-order valence-corrected chi connectivity index (χ4v) is 4.29. The Morgan fingerprint density at radius 3 is 2.52 bits per heavy atom. The molecule has 0 unspecified atom stereocenters. The van der Waals surface area contributed by atoms with Crippen LogP contribution in [0, 0.1) is 0 Å². The fraction of sp³-hybridized carbons (Fsp3) is 0.318. The molecule has 1 aromatic heterocycles. The first-order valence-corrected chi connectivity index (χ1v) is 10.7. The summed E-state index contributed by atoms with van der Waals surface area (Å²) in [5.74, 6) is 1.32. The molecule has 4 rings (SSSR count). The maximum Gasteiger partial charge on any atom is 0.277 e. The number of benzene rings is 2. The van der Waals surface area contributed by atoms with E-state index in [2.05, 4.69) is 10.2 Å². The molecule has 3 aromatic rings. The number of aromatic nitrogens is 2. The average molecular weight is 410 g/mol. The number of rotatable bonds is 7. The van der Waals surface area contributed by atoms with E-state index < -0.39 is 5.25 Å².